The largest absolute Gasteiger partial charge is 0.497 e. The molecule has 10 heteroatoms. The van der Waals surface area contributed by atoms with Gasteiger partial charge >= 0.3 is 0 Å². The van der Waals surface area contributed by atoms with Crippen LogP contribution in [0.3, 0.4) is 0 Å². The van der Waals surface area contributed by atoms with Crippen LogP contribution < -0.4 is 19.1 Å². The molecule has 0 fully saturated rings. The molecule has 136 valence electrons. The van der Waals surface area contributed by atoms with Crippen LogP contribution in [0.2, 0.25) is 0 Å². The highest BCUT2D eigenvalue weighted by molar-refractivity contribution is 7.92. The lowest BCUT2D eigenvalue weighted by atomic mass is 10.3. The normalized spacial score (nSPS) is 11.9. The Kier molecular flexibility index (Phi) is 6.01. The predicted molar refractivity (Wildman–Crippen MR) is 91.2 cm³/mol. The number of hydrogen-bond acceptors (Lipinski definition) is 6. The third-order valence-corrected chi connectivity index (χ3v) is 5.78. The molecule has 0 saturated heterocycles. The van der Waals surface area contributed by atoms with E-state index in [1.807, 2.05) is 9.66 Å². The van der Waals surface area contributed by atoms with E-state index < -0.39 is 20.0 Å². The molecule has 2 rings (SSSR count). The molecule has 0 aromatic heterocycles. The number of sulfonamides is 2. The molecule has 0 aliphatic heterocycles. The second kappa shape index (κ2) is 7.83. The van der Waals surface area contributed by atoms with E-state index in [-0.39, 0.29) is 9.79 Å². The molecule has 2 aromatic rings. The van der Waals surface area contributed by atoms with Crippen molar-refractivity contribution in [3.63, 3.8) is 0 Å². The van der Waals surface area contributed by atoms with Crippen LogP contribution in [0.1, 0.15) is 6.92 Å². The molecule has 0 spiro atoms. The van der Waals surface area contributed by atoms with E-state index in [2.05, 4.69) is 0 Å². The van der Waals surface area contributed by atoms with Crippen molar-refractivity contribution < 1.29 is 26.3 Å². The highest BCUT2D eigenvalue weighted by atomic mass is 32.2. The van der Waals surface area contributed by atoms with Gasteiger partial charge in [0, 0.05) is 0 Å². The van der Waals surface area contributed by atoms with Crippen LogP contribution in [0.15, 0.2) is 58.3 Å². The molecule has 0 bridgehead atoms. The van der Waals surface area contributed by atoms with Crippen LogP contribution in [0.4, 0.5) is 0 Å². The zero-order chi connectivity index (χ0) is 18.5. The van der Waals surface area contributed by atoms with E-state index in [9.17, 15) is 16.8 Å². The van der Waals surface area contributed by atoms with Crippen molar-refractivity contribution in [2.75, 3.05) is 13.7 Å². The number of hydrogen-bond donors (Lipinski definition) is 2. The standard InChI is InChI=1S/C15H18N2O6S2/c1-3-23-13-6-10-15(11-7-13)25(20,21)17-16-24(18,19)14-8-4-12(22-2)5-9-14/h4-11,16-17H,3H2,1-2H3. The van der Waals surface area contributed by atoms with Gasteiger partial charge in [-0.15, -0.1) is 9.66 Å². The Bertz CT molecular complexity index is 907. The molecule has 8 nitrogen and oxygen atoms in total. The summed E-state index contributed by atoms with van der Waals surface area (Å²) in [6.45, 7) is 2.26. The monoisotopic (exact) mass is 386 g/mol. The van der Waals surface area contributed by atoms with Crippen molar-refractivity contribution >= 4 is 20.0 Å². The fraction of sp³-hybridized carbons (Fsp3) is 0.200. The maximum atomic E-state index is 12.2. The van der Waals surface area contributed by atoms with Crippen molar-refractivity contribution in [2.24, 2.45) is 0 Å². The van der Waals surface area contributed by atoms with Gasteiger partial charge in [-0.25, -0.2) is 16.8 Å². The molecular weight excluding hydrogens is 368 g/mol. The molecule has 0 unspecified atom stereocenters. The summed E-state index contributed by atoms with van der Waals surface area (Å²) >= 11 is 0. The molecule has 0 amide bonds. The minimum atomic E-state index is -4.07. The van der Waals surface area contributed by atoms with Crippen molar-refractivity contribution in [1.29, 1.82) is 0 Å². The van der Waals surface area contributed by atoms with E-state index in [0.29, 0.717) is 18.1 Å². The summed E-state index contributed by atoms with van der Waals surface area (Å²) in [5.41, 5.74) is 0. The van der Waals surface area contributed by atoms with Gasteiger partial charge in [0.25, 0.3) is 20.0 Å². The molecule has 0 atom stereocenters. The first-order valence-corrected chi connectivity index (χ1v) is 10.2. The van der Waals surface area contributed by atoms with E-state index >= 15 is 0 Å². The van der Waals surface area contributed by atoms with Crippen molar-refractivity contribution in [3.8, 4) is 11.5 Å². The SMILES string of the molecule is CCOc1ccc(S(=O)(=O)NNS(=O)(=O)c2ccc(OC)cc2)cc1. The first-order chi connectivity index (χ1) is 11.8. The minimum absolute atomic E-state index is 0.103. The third kappa shape index (κ3) is 4.92. The number of benzene rings is 2. The number of nitrogens with one attached hydrogen (secondary N) is 2. The molecule has 0 aliphatic carbocycles. The Labute approximate surface area is 146 Å². The summed E-state index contributed by atoms with van der Waals surface area (Å²) in [4.78, 5) is 3.50. The first-order valence-electron chi connectivity index (χ1n) is 7.19. The second-order valence-corrected chi connectivity index (χ2v) is 8.16. The van der Waals surface area contributed by atoms with Crippen molar-refractivity contribution in [1.82, 2.24) is 9.66 Å². The maximum absolute atomic E-state index is 12.2. The molecule has 2 N–H and O–H groups in total. The van der Waals surface area contributed by atoms with Crippen LogP contribution in [0.25, 0.3) is 0 Å². The van der Waals surface area contributed by atoms with Gasteiger partial charge in [0.2, 0.25) is 0 Å². The molecule has 0 radical (unpaired) electrons. The Balaban J connectivity index is 2.11. The third-order valence-electron chi connectivity index (χ3n) is 3.13. The molecule has 0 saturated carbocycles. The molecular formula is C15H18N2O6S2. The van der Waals surface area contributed by atoms with E-state index in [0.717, 1.165) is 0 Å². The van der Waals surface area contributed by atoms with Gasteiger partial charge < -0.3 is 9.47 Å². The summed E-state index contributed by atoms with van der Waals surface area (Å²) in [5.74, 6) is 0.995. The lowest BCUT2D eigenvalue weighted by Crippen LogP contribution is -2.41. The Morgan fingerprint density at radius 3 is 1.52 bits per heavy atom. The zero-order valence-corrected chi connectivity index (χ0v) is 15.2. The van der Waals surface area contributed by atoms with Crippen LogP contribution in [-0.2, 0) is 20.0 Å². The summed E-state index contributed by atoms with van der Waals surface area (Å²) in [5, 5.41) is 0. The van der Waals surface area contributed by atoms with Gasteiger partial charge in [0.1, 0.15) is 11.5 Å². The van der Waals surface area contributed by atoms with Crippen molar-refractivity contribution in [3.05, 3.63) is 48.5 Å². The highest BCUT2D eigenvalue weighted by Crippen LogP contribution is 2.17. The summed E-state index contributed by atoms with van der Waals surface area (Å²) in [6, 6.07) is 11.1. The summed E-state index contributed by atoms with van der Waals surface area (Å²) < 4.78 is 58.8. The van der Waals surface area contributed by atoms with E-state index in [1.165, 1.54) is 55.6 Å². The molecule has 25 heavy (non-hydrogen) atoms. The Morgan fingerprint density at radius 2 is 1.16 bits per heavy atom. The number of methoxy groups -OCH3 is 1. The van der Waals surface area contributed by atoms with Gasteiger partial charge in [0.15, 0.2) is 0 Å². The average Bonchev–Trinajstić information content (AvgIpc) is 2.61. The minimum Gasteiger partial charge on any atom is -0.497 e. The number of hydrazine groups is 1. The Hall–Kier alpha value is -2.14. The van der Waals surface area contributed by atoms with Gasteiger partial charge in [-0.2, -0.15) is 0 Å². The summed E-state index contributed by atoms with van der Waals surface area (Å²) in [7, 11) is -6.68. The van der Waals surface area contributed by atoms with Gasteiger partial charge in [0.05, 0.1) is 23.5 Å². The zero-order valence-electron chi connectivity index (χ0n) is 13.6. The fourth-order valence-corrected chi connectivity index (χ4v) is 3.97. The van der Waals surface area contributed by atoms with Crippen LogP contribution in [0.5, 0.6) is 11.5 Å². The summed E-state index contributed by atoms with van der Waals surface area (Å²) in [6.07, 6.45) is 0. The average molecular weight is 386 g/mol. The topological polar surface area (TPSA) is 111 Å². The second-order valence-electron chi connectivity index (χ2n) is 4.79. The van der Waals surface area contributed by atoms with Crippen molar-refractivity contribution in [2.45, 2.75) is 16.7 Å². The lowest BCUT2D eigenvalue weighted by molar-refractivity contribution is 0.340. The number of rotatable bonds is 8. The molecule has 2 aromatic carbocycles. The predicted octanol–water partition coefficient (Wildman–Crippen LogP) is 1.27. The maximum Gasteiger partial charge on any atom is 0.254 e. The van der Waals surface area contributed by atoms with Crippen LogP contribution in [-0.4, -0.2) is 30.6 Å². The lowest BCUT2D eigenvalue weighted by Gasteiger charge is -2.10. The smallest absolute Gasteiger partial charge is 0.254 e. The first kappa shape index (κ1) is 19.2. The number of ether oxygens (including phenoxy) is 2. The molecule has 0 aliphatic rings. The van der Waals surface area contributed by atoms with E-state index in [1.54, 1.807) is 6.92 Å². The van der Waals surface area contributed by atoms with Crippen LogP contribution in [0, 0.1) is 0 Å². The Morgan fingerprint density at radius 1 is 0.760 bits per heavy atom. The quantitative estimate of drug-likeness (QED) is 0.661. The van der Waals surface area contributed by atoms with Gasteiger partial charge in [-0.05, 0) is 55.5 Å². The van der Waals surface area contributed by atoms with Gasteiger partial charge in [-0.1, -0.05) is 0 Å². The van der Waals surface area contributed by atoms with Crippen LogP contribution >= 0.6 is 0 Å². The fourth-order valence-electron chi connectivity index (χ4n) is 1.86. The van der Waals surface area contributed by atoms with Gasteiger partial charge in [-0.3, -0.25) is 0 Å². The molecule has 0 heterocycles. The van der Waals surface area contributed by atoms with E-state index in [4.69, 9.17) is 9.47 Å². The highest BCUT2D eigenvalue weighted by Gasteiger charge is 2.20.